The van der Waals surface area contributed by atoms with E-state index >= 15 is 0 Å². The molecule has 7 heteroatoms. The minimum atomic E-state index is -1.16. The molecule has 0 saturated heterocycles. The van der Waals surface area contributed by atoms with E-state index < -0.39 is 17.9 Å². The maximum Gasteiger partial charge on any atom is 0.327 e. The largest absolute Gasteiger partial charge is 0.480 e. The van der Waals surface area contributed by atoms with E-state index in [1.54, 1.807) is 0 Å². The number of hydrogen-bond acceptors (Lipinski definition) is 4. The van der Waals surface area contributed by atoms with E-state index in [4.69, 9.17) is 5.11 Å². The van der Waals surface area contributed by atoms with Crippen molar-refractivity contribution in [2.75, 3.05) is 12.8 Å². The molecule has 0 aromatic rings. The normalized spacial score (nSPS) is 11.6. The zero-order chi connectivity index (χ0) is 11.1. The molecule has 0 heterocycles. The van der Waals surface area contributed by atoms with Gasteiger partial charge in [0.15, 0.2) is 0 Å². The molecule has 0 radical (unpaired) electrons. The number of carbonyl (C=O) groups excluding carboxylic acids is 2. The summed E-state index contributed by atoms with van der Waals surface area (Å²) in [6, 6.07) is -1.03. The lowest BCUT2D eigenvalue weighted by Crippen LogP contribution is -2.41. The third-order valence-corrected chi connectivity index (χ3v) is 2.23. The molecule has 0 spiro atoms. The number of amides is 2. The number of carboxylic acid groups (broad SMARTS) is 1. The molecule has 2 amide bonds. The van der Waals surface area contributed by atoms with E-state index in [0.29, 0.717) is 0 Å². The molecule has 0 aliphatic rings. The number of hydrogen-bond donors (Lipinski definition) is 3. The van der Waals surface area contributed by atoms with Crippen LogP contribution in [0.25, 0.3) is 0 Å². The summed E-state index contributed by atoms with van der Waals surface area (Å²) in [7, 11) is 1.45. The van der Waals surface area contributed by atoms with Gasteiger partial charge in [0.05, 0.1) is 0 Å². The Balaban J connectivity index is 4.04. The van der Waals surface area contributed by atoms with Gasteiger partial charge in [0, 0.05) is 19.7 Å². The van der Waals surface area contributed by atoms with Crippen LogP contribution in [0, 0.1) is 0 Å². The topological polar surface area (TPSA) is 95.5 Å². The predicted molar refractivity (Wildman–Crippen MR) is 52.2 cm³/mol. The Morgan fingerprint density at radius 1 is 1.43 bits per heavy atom. The first-order chi connectivity index (χ1) is 6.47. The SMILES string of the molecule is CNC(=O)SCC(NC(C)=O)C(=O)O. The molecule has 1 atom stereocenters. The van der Waals surface area contributed by atoms with Gasteiger partial charge in [-0.15, -0.1) is 0 Å². The molecule has 1 unspecified atom stereocenters. The highest BCUT2D eigenvalue weighted by Gasteiger charge is 2.19. The highest BCUT2D eigenvalue weighted by molar-refractivity contribution is 8.13. The highest BCUT2D eigenvalue weighted by Crippen LogP contribution is 2.03. The predicted octanol–water partition coefficient (Wildman–Crippen LogP) is -0.352. The van der Waals surface area contributed by atoms with Crippen LogP contribution in [0.5, 0.6) is 0 Å². The van der Waals surface area contributed by atoms with Crippen molar-refractivity contribution < 1.29 is 19.5 Å². The average molecular weight is 220 g/mol. The third-order valence-electron chi connectivity index (χ3n) is 1.26. The lowest BCUT2D eigenvalue weighted by Gasteiger charge is -2.11. The maximum absolute atomic E-state index is 10.8. The molecule has 0 fully saturated rings. The van der Waals surface area contributed by atoms with Gasteiger partial charge in [0.1, 0.15) is 6.04 Å². The van der Waals surface area contributed by atoms with Crippen molar-refractivity contribution in [2.24, 2.45) is 0 Å². The number of nitrogens with one attached hydrogen (secondary N) is 2. The van der Waals surface area contributed by atoms with Gasteiger partial charge in [-0.25, -0.2) is 4.79 Å². The molecule has 0 saturated carbocycles. The lowest BCUT2D eigenvalue weighted by atomic mass is 10.3. The maximum atomic E-state index is 10.8. The molecule has 6 nitrogen and oxygen atoms in total. The molecule has 3 N–H and O–H groups in total. The highest BCUT2D eigenvalue weighted by atomic mass is 32.2. The fourth-order valence-corrected chi connectivity index (χ4v) is 1.34. The monoisotopic (exact) mass is 220 g/mol. The fourth-order valence-electron chi connectivity index (χ4n) is 0.651. The van der Waals surface area contributed by atoms with Crippen molar-refractivity contribution >= 4 is 28.9 Å². The molecule has 0 aromatic heterocycles. The van der Waals surface area contributed by atoms with E-state index in [2.05, 4.69) is 10.6 Å². The number of thioether (sulfide) groups is 1. The van der Waals surface area contributed by atoms with Crippen LogP contribution in [0.3, 0.4) is 0 Å². The van der Waals surface area contributed by atoms with E-state index in [-0.39, 0.29) is 11.0 Å². The van der Waals surface area contributed by atoms with Gasteiger partial charge in [0.2, 0.25) is 5.91 Å². The van der Waals surface area contributed by atoms with Crippen LogP contribution in [0.2, 0.25) is 0 Å². The van der Waals surface area contributed by atoms with E-state index in [9.17, 15) is 14.4 Å². The van der Waals surface area contributed by atoms with Gasteiger partial charge in [-0.3, -0.25) is 9.59 Å². The second kappa shape index (κ2) is 6.25. The summed E-state index contributed by atoms with van der Waals surface area (Å²) in [6.45, 7) is 1.22. The number of aliphatic carboxylic acids is 1. The van der Waals surface area contributed by atoms with Crippen LogP contribution in [-0.2, 0) is 9.59 Å². The zero-order valence-electron chi connectivity index (χ0n) is 7.86. The van der Waals surface area contributed by atoms with Gasteiger partial charge in [-0.05, 0) is 0 Å². The standard InChI is InChI=1S/C7H12N2O4S/c1-4(10)9-5(6(11)12)3-14-7(13)8-2/h5H,3H2,1-2H3,(H,8,13)(H,9,10)(H,11,12). The van der Waals surface area contributed by atoms with Crippen LogP contribution < -0.4 is 10.6 Å². The summed E-state index contributed by atoms with van der Waals surface area (Å²) >= 11 is 0.809. The van der Waals surface area contributed by atoms with Gasteiger partial charge < -0.3 is 15.7 Å². The minimum Gasteiger partial charge on any atom is -0.480 e. The van der Waals surface area contributed by atoms with Gasteiger partial charge >= 0.3 is 5.97 Å². The molecule has 0 aliphatic heterocycles. The van der Waals surface area contributed by atoms with Crippen molar-refractivity contribution in [2.45, 2.75) is 13.0 Å². The van der Waals surface area contributed by atoms with Crippen LogP contribution >= 0.6 is 11.8 Å². The Morgan fingerprint density at radius 2 is 2.00 bits per heavy atom. The summed E-state index contributed by atoms with van der Waals surface area (Å²) in [5.41, 5.74) is 0. The fraction of sp³-hybridized carbons (Fsp3) is 0.571. The second-order valence-electron chi connectivity index (χ2n) is 2.44. The van der Waals surface area contributed by atoms with E-state index in [0.717, 1.165) is 11.8 Å². The molecular formula is C7H12N2O4S. The molecule has 80 valence electrons. The quantitative estimate of drug-likeness (QED) is 0.601. The molecule has 14 heavy (non-hydrogen) atoms. The number of rotatable bonds is 4. The third kappa shape index (κ3) is 5.41. The molecule has 0 aromatic carbocycles. The smallest absolute Gasteiger partial charge is 0.327 e. The van der Waals surface area contributed by atoms with Crippen molar-refractivity contribution in [1.29, 1.82) is 0 Å². The second-order valence-corrected chi connectivity index (χ2v) is 3.43. The number of carbonyl (C=O) groups is 3. The summed E-state index contributed by atoms with van der Waals surface area (Å²) < 4.78 is 0. The first-order valence-corrected chi connectivity index (χ1v) is 4.80. The molecule has 0 bridgehead atoms. The first kappa shape index (κ1) is 12.8. The zero-order valence-corrected chi connectivity index (χ0v) is 8.68. The summed E-state index contributed by atoms with van der Waals surface area (Å²) in [4.78, 5) is 31.9. The van der Waals surface area contributed by atoms with Crippen LogP contribution in [0.15, 0.2) is 0 Å². The Morgan fingerprint density at radius 3 is 2.36 bits per heavy atom. The van der Waals surface area contributed by atoms with Crippen molar-refractivity contribution in [3.8, 4) is 0 Å². The number of carboxylic acids is 1. The Labute approximate surface area is 85.4 Å². The average Bonchev–Trinajstić information content (AvgIpc) is 2.10. The molecular weight excluding hydrogens is 208 g/mol. The summed E-state index contributed by atoms with van der Waals surface area (Å²) in [5, 5.41) is 12.9. The Hall–Kier alpha value is -1.24. The van der Waals surface area contributed by atoms with Crippen LogP contribution in [0.4, 0.5) is 4.79 Å². The van der Waals surface area contributed by atoms with Crippen molar-refractivity contribution in [3.05, 3.63) is 0 Å². The molecule has 0 rings (SSSR count). The van der Waals surface area contributed by atoms with Crippen LogP contribution in [-0.4, -0.2) is 41.1 Å². The first-order valence-electron chi connectivity index (χ1n) is 3.81. The van der Waals surface area contributed by atoms with E-state index in [1.807, 2.05) is 0 Å². The van der Waals surface area contributed by atoms with Crippen molar-refractivity contribution in [1.82, 2.24) is 10.6 Å². The molecule has 0 aliphatic carbocycles. The summed E-state index contributed by atoms with van der Waals surface area (Å²) in [6.07, 6.45) is 0. The van der Waals surface area contributed by atoms with Gasteiger partial charge in [-0.2, -0.15) is 0 Å². The summed E-state index contributed by atoms with van der Waals surface area (Å²) in [5.74, 6) is -1.58. The van der Waals surface area contributed by atoms with Gasteiger partial charge in [0.25, 0.3) is 5.24 Å². The lowest BCUT2D eigenvalue weighted by molar-refractivity contribution is -0.140. The van der Waals surface area contributed by atoms with Gasteiger partial charge in [-0.1, -0.05) is 11.8 Å². The van der Waals surface area contributed by atoms with Crippen LogP contribution in [0.1, 0.15) is 6.92 Å². The Bertz CT molecular complexity index is 244. The Kier molecular flexibility index (Phi) is 5.70. The minimum absolute atomic E-state index is 0.00852. The van der Waals surface area contributed by atoms with Crippen molar-refractivity contribution in [3.63, 3.8) is 0 Å². The van der Waals surface area contributed by atoms with E-state index in [1.165, 1.54) is 14.0 Å².